The van der Waals surface area contributed by atoms with Gasteiger partial charge in [0, 0.05) is 20.1 Å². The zero-order valence-electron chi connectivity index (χ0n) is 14.2. The number of hydrogen-bond donors (Lipinski definition) is 0. The molecule has 2 rings (SSSR count). The van der Waals surface area contributed by atoms with E-state index in [4.69, 9.17) is 0 Å². The molecule has 1 amide bonds. The summed E-state index contributed by atoms with van der Waals surface area (Å²) in [6.07, 6.45) is 0. The topological polar surface area (TPSA) is 57.7 Å². The average Bonchev–Trinajstić information content (AvgIpc) is 2.60. The largest absolute Gasteiger partial charge is 0.338 e. The van der Waals surface area contributed by atoms with E-state index in [9.17, 15) is 17.6 Å². The maximum absolute atomic E-state index is 13.3. The Bertz CT molecular complexity index is 825. The third-order valence-electron chi connectivity index (χ3n) is 3.81. The third kappa shape index (κ3) is 4.87. The zero-order valence-corrected chi connectivity index (χ0v) is 15.0. The van der Waals surface area contributed by atoms with Gasteiger partial charge in [0.05, 0.1) is 11.4 Å². The number of benzene rings is 2. The summed E-state index contributed by atoms with van der Waals surface area (Å²) < 4.78 is 39.3. The molecule has 0 bridgehead atoms. The van der Waals surface area contributed by atoms with Crippen molar-refractivity contribution in [2.45, 2.75) is 18.4 Å². The Morgan fingerprint density at radius 2 is 1.76 bits per heavy atom. The molecule has 0 aromatic heterocycles. The number of carbonyl (C=O) groups excluding carboxylic acids is 1. The van der Waals surface area contributed by atoms with E-state index in [0.717, 1.165) is 4.31 Å². The second kappa shape index (κ2) is 8.22. The van der Waals surface area contributed by atoms with Gasteiger partial charge in [-0.15, -0.1) is 0 Å². The third-order valence-corrected chi connectivity index (χ3v) is 5.62. The smallest absolute Gasteiger partial charge is 0.243 e. The van der Waals surface area contributed by atoms with Crippen molar-refractivity contribution in [3.8, 4) is 0 Å². The van der Waals surface area contributed by atoms with Crippen molar-refractivity contribution in [1.29, 1.82) is 0 Å². The first kappa shape index (κ1) is 19.1. The number of amides is 1. The lowest BCUT2D eigenvalue weighted by molar-refractivity contribution is -0.131. The lowest BCUT2D eigenvalue weighted by Crippen LogP contribution is -2.40. The summed E-state index contributed by atoms with van der Waals surface area (Å²) in [6, 6.07) is 14.0. The summed E-state index contributed by atoms with van der Waals surface area (Å²) >= 11 is 0. The number of likely N-dealkylation sites (N-methyl/N-ethyl adjacent to an activating group) is 2. The van der Waals surface area contributed by atoms with Gasteiger partial charge in [0.1, 0.15) is 5.82 Å². The second-order valence-electron chi connectivity index (χ2n) is 5.61. The number of hydrogen-bond acceptors (Lipinski definition) is 3. The molecule has 0 saturated carbocycles. The lowest BCUT2D eigenvalue weighted by Gasteiger charge is -2.24. The number of rotatable bonds is 7. The summed E-state index contributed by atoms with van der Waals surface area (Å²) in [6.45, 7) is 2.14. The zero-order chi connectivity index (χ0) is 18.4. The molecule has 2 aromatic carbocycles. The Morgan fingerprint density at radius 3 is 2.36 bits per heavy atom. The number of halogens is 1. The minimum absolute atomic E-state index is 0.137. The van der Waals surface area contributed by atoms with Crippen molar-refractivity contribution < 1.29 is 17.6 Å². The molecule has 0 aliphatic heterocycles. The van der Waals surface area contributed by atoms with Crippen LogP contribution < -0.4 is 0 Å². The predicted molar refractivity (Wildman–Crippen MR) is 93.7 cm³/mol. The minimum atomic E-state index is -3.73. The van der Waals surface area contributed by atoms with E-state index < -0.39 is 10.0 Å². The van der Waals surface area contributed by atoms with Gasteiger partial charge in [0.25, 0.3) is 0 Å². The Morgan fingerprint density at radius 1 is 1.08 bits per heavy atom. The average molecular weight is 364 g/mol. The molecule has 0 fully saturated rings. The van der Waals surface area contributed by atoms with Crippen LogP contribution in [-0.2, 0) is 21.4 Å². The van der Waals surface area contributed by atoms with Crippen LogP contribution in [0.2, 0.25) is 0 Å². The highest BCUT2D eigenvalue weighted by atomic mass is 32.2. The minimum Gasteiger partial charge on any atom is -0.338 e. The molecule has 134 valence electrons. The molecule has 0 N–H and O–H groups in total. The standard InChI is InChI=1S/C18H21FN2O3S/c1-3-21(13-15-8-7-9-16(19)12-15)18(22)14-20(2)25(23,24)17-10-5-4-6-11-17/h4-12H,3,13-14H2,1-2H3. The molecule has 0 aliphatic carbocycles. The van der Waals surface area contributed by atoms with E-state index in [1.165, 1.54) is 36.2 Å². The Labute approximate surface area is 147 Å². The highest BCUT2D eigenvalue weighted by Gasteiger charge is 2.24. The van der Waals surface area contributed by atoms with Crippen LogP contribution in [0.5, 0.6) is 0 Å². The molecule has 5 nitrogen and oxygen atoms in total. The molecule has 0 radical (unpaired) electrons. The highest BCUT2D eigenvalue weighted by Crippen LogP contribution is 2.14. The van der Waals surface area contributed by atoms with Gasteiger partial charge in [-0.05, 0) is 36.8 Å². The van der Waals surface area contributed by atoms with E-state index in [1.54, 1.807) is 37.3 Å². The molecule has 0 aliphatic rings. The summed E-state index contributed by atoms with van der Waals surface area (Å²) in [7, 11) is -2.36. The molecule has 0 atom stereocenters. The van der Waals surface area contributed by atoms with Crippen LogP contribution in [0.3, 0.4) is 0 Å². The maximum atomic E-state index is 13.3. The van der Waals surface area contributed by atoms with Gasteiger partial charge in [-0.1, -0.05) is 30.3 Å². The van der Waals surface area contributed by atoms with Gasteiger partial charge in [0.2, 0.25) is 15.9 Å². The van der Waals surface area contributed by atoms with Crippen LogP contribution in [0, 0.1) is 5.82 Å². The van der Waals surface area contributed by atoms with Crippen molar-refractivity contribution in [2.75, 3.05) is 20.1 Å². The molecule has 25 heavy (non-hydrogen) atoms. The van der Waals surface area contributed by atoms with Gasteiger partial charge in [0.15, 0.2) is 0 Å². The molecule has 7 heteroatoms. The van der Waals surface area contributed by atoms with Crippen LogP contribution in [0.15, 0.2) is 59.5 Å². The van der Waals surface area contributed by atoms with Crippen molar-refractivity contribution in [3.63, 3.8) is 0 Å². The second-order valence-corrected chi connectivity index (χ2v) is 7.66. The Balaban J connectivity index is 2.08. The molecule has 0 heterocycles. The van der Waals surface area contributed by atoms with Gasteiger partial charge < -0.3 is 4.90 Å². The van der Waals surface area contributed by atoms with Gasteiger partial charge in [-0.2, -0.15) is 4.31 Å². The van der Waals surface area contributed by atoms with E-state index in [1.807, 2.05) is 0 Å². The van der Waals surface area contributed by atoms with E-state index >= 15 is 0 Å². The first-order valence-corrected chi connectivity index (χ1v) is 9.32. The number of sulfonamides is 1. The summed E-state index contributed by atoms with van der Waals surface area (Å²) in [5, 5.41) is 0. The summed E-state index contributed by atoms with van der Waals surface area (Å²) in [5.74, 6) is -0.710. The quantitative estimate of drug-likeness (QED) is 0.758. The van der Waals surface area contributed by atoms with E-state index in [0.29, 0.717) is 12.1 Å². The van der Waals surface area contributed by atoms with Crippen LogP contribution in [-0.4, -0.2) is 43.7 Å². The van der Waals surface area contributed by atoms with Crippen LogP contribution in [0.25, 0.3) is 0 Å². The van der Waals surface area contributed by atoms with Crippen LogP contribution >= 0.6 is 0 Å². The Kier molecular flexibility index (Phi) is 6.27. The van der Waals surface area contributed by atoms with Gasteiger partial charge >= 0.3 is 0 Å². The monoisotopic (exact) mass is 364 g/mol. The van der Waals surface area contributed by atoms with E-state index in [-0.39, 0.29) is 29.7 Å². The number of nitrogens with zero attached hydrogens (tertiary/aromatic N) is 2. The van der Waals surface area contributed by atoms with Crippen molar-refractivity contribution in [1.82, 2.24) is 9.21 Å². The number of carbonyl (C=O) groups is 1. The van der Waals surface area contributed by atoms with Crippen molar-refractivity contribution in [2.24, 2.45) is 0 Å². The fourth-order valence-electron chi connectivity index (χ4n) is 2.38. The highest BCUT2D eigenvalue weighted by molar-refractivity contribution is 7.89. The predicted octanol–water partition coefficient (Wildman–Crippen LogP) is 2.49. The molecule has 0 spiro atoms. The normalized spacial score (nSPS) is 11.5. The lowest BCUT2D eigenvalue weighted by atomic mass is 10.2. The molecule has 0 saturated heterocycles. The summed E-state index contributed by atoms with van der Waals surface area (Å²) in [4.78, 5) is 14.1. The maximum Gasteiger partial charge on any atom is 0.243 e. The molecular formula is C18H21FN2O3S. The fraction of sp³-hybridized carbons (Fsp3) is 0.278. The van der Waals surface area contributed by atoms with Crippen LogP contribution in [0.4, 0.5) is 4.39 Å². The van der Waals surface area contributed by atoms with Crippen LogP contribution in [0.1, 0.15) is 12.5 Å². The first-order chi connectivity index (χ1) is 11.8. The summed E-state index contributed by atoms with van der Waals surface area (Å²) in [5.41, 5.74) is 0.656. The fourth-order valence-corrected chi connectivity index (χ4v) is 3.52. The first-order valence-electron chi connectivity index (χ1n) is 7.88. The molecule has 0 unspecified atom stereocenters. The van der Waals surface area contributed by atoms with E-state index in [2.05, 4.69) is 0 Å². The van der Waals surface area contributed by atoms with Gasteiger partial charge in [-0.25, -0.2) is 12.8 Å². The van der Waals surface area contributed by atoms with Crippen molar-refractivity contribution in [3.05, 3.63) is 66.0 Å². The van der Waals surface area contributed by atoms with Crippen molar-refractivity contribution >= 4 is 15.9 Å². The SMILES string of the molecule is CCN(Cc1cccc(F)c1)C(=O)CN(C)S(=O)(=O)c1ccccc1. The Hall–Kier alpha value is -2.25. The van der Waals surface area contributed by atoms with Gasteiger partial charge in [-0.3, -0.25) is 4.79 Å². The molecule has 2 aromatic rings. The molecular weight excluding hydrogens is 343 g/mol.